The van der Waals surface area contributed by atoms with Crippen molar-refractivity contribution >= 4 is 10.9 Å². The van der Waals surface area contributed by atoms with Crippen molar-refractivity contribution in [2.75, 3.05) is 20.3 Å². The molecule has 0 spiro atoms. The summed E-state index contributed by atoms with van der Waals surface area (Å²) in [4.78, 5) is 12.0. The van der Waals surface area contributed by atoms with E-state index in [0.29, 0.717) is 37.1 Å². The number of methoxy groups -OCH3 is 1. The number of para-hydroxylation sites is 1. The Kier molecular flexibility index (Phi) is 5.58. The monoisotopic (exact) mass is 415 g/mol. The summed E-state index contributed by atoms with van der Waals surface area (Å²) in [5.41, 5.74) is 0.418. The average molecular weight is 415 g/mol. The predicted octanol–water partition coefficient (Wildman–Crippen LogP) is 4.05. The number of aromatic nitrogens is 1. The molecule has 30 heavy (non-hydrogen) atoms. The number of nitrogens with zero attached hydrogens (tertiary/aromatic N) is 1. The summed E-state index contributed by atoms with van der Waals surface area (Å²) < 4.78 is 48.0. The van der Waals surface area contributed by atoms with E-state index in [4.69, 9.17) is 14.2 Å². The van der Waals surface area contributed by atoms with Crippen LogP contribution in [0.3, 0.4) is 0 Å². The van der Waals surface area contributed by atoms with E-state index in [1.807, 2.05) is 12.1 Å². The lowest BCUT2D eigenvalue weighted by atomic mass is 9.85. The van der Waals surface area contributed by atoms with Gasteiger partial charge in [0.1, 0.15) is 18.0 Å². The van der Waals surface area contributed by atoms with Crippen molar-refractivity contribution in [1.29, 1.82) is 0 Å². The Bertz CT molecular complexity index is 1140. The lowest BCUT2D eigenvalue weighted by Gasteiger charge is -2.36. The Labute approximate surface area is 172 Å². The molecule has 0 saturated carbocycles. The molecule has 3 aromatic rings. The van der Waals surface area contributed by atoms with Gasteiger partial charge in [0.15, 0.2) is 11.6 Å². The third-order valence-corrected chi connectivity index (χ3v) is 5.79. The second-order valence-electron chi connectivity index (χ2n) is 7.45. The van der Waals surface area contributed by atoms with Gasteiger partial charge in [-0.15, -0.1) is 0 Å². The Morgan fingerprint density at radius 2 is 1.90 bits per heavy atom. The molecule has 0 aliphatic carbocycles. The van der Waals surface area contributed by atoms with Crippen molar-refractivity contribution in [2.24, 2.45) is 7.05 Å². The first-order valence-electron chi connectivity index (χ1n) is 9.78. The number of halogens is 2. The number of rotatable bonds is 5. The van der Waals surface area contributed by atoms with Gasteiger partial charge in [0, 0.05) is 63.5 Å². The van der Waals surface area contributed by atoms with Gasteiger partial charge in [-0.05, 0) is 17.5 Å². The summed E-state index contributed by atoms with van der Waals surface area (Å²) in [6, 6.07) is 10.9. The standard InChI is InChI=1S/C23H23F2NO4/c1-26-20(27)7-6-15-4-3-5-16(22(15)26)14-30-19-13-17(24)12-18(21(19)25)23(28-2)8-10-29-11-9-23/h3-7,12-13H,8-11,14H2,1-2H3. The first kappa shape index (κ1) is 20.5. The van der Waals surface area contributed by atoms with E-state index in [-0.39, 0.29) is 23.5 Å². The van der Waals surface area contributed by atoms with Gasteiger partial charge in [-0.1, -0.05) is 18.2 Å². The fourth-order valence-electron chi connectivity index (χ4n) is 4.10. The van der Waals surface area contributed by atoms with Crippen molar-refractivity contribution in [3.8, 4) is 5.75 Å². The van der Waals surface area contributed by atoms with Gasteiger partial charge in [0.2, 0.25) is 0 Å². The summed E-state index contributed by atoms with van der Waals surface area (Å²) in [6.07, 6.45) is 0.851. The number of hydrogen-bond donors (Lipinski definition) is 0. The van der Waals surface area contributed by atoms with Crippen LogP contribution in [0.4, 0.5) is 8.78 Å². The summed E-state index contributed by atoms with van der Waals surface area (Å²) in [6.45, 7) is 0.797. The topological polar surface area (TPSA) is 49.7 Å². The van der Waals surface area contributed by atoms with E-state index in [1.54, 1.807) is 19.2 Å². The molecule has 1 aliphatic heterocycles. The van der Waals surface area contributed by atoms with E-state index in [1.165, 1.54) is 23.8 Å². The smallest absolute Gasteiger partial charge is 0.250 e. The highest BCUT2D eigenvalue weighted by Gasteiger charge is 2.38. The lowest BCUT2D eigenvalue weighted by Crippen LogP contribution is -2.36. The molecule has 0 amide bonds. The Morgan fingerprint density at radius 3 is 2.63 bits per heavy atom. The lowest BCUT2D eigenvalue weighted by molar-refractivity contribution is -0.0968. The molecule has 7 heteroatoms. The molecule has 1 saturated heterocycles. The Balaban J connectivity index is 1.70. The number of fused-ring (bicyclic) bond motifs is 1. The maximum absolute atomic E-state index is 15.4. The van der Waals surface area contributed by atoms with Gasteiger partial charge in [-0.25, -0.2) is 8.78 Å². The number of ether oxygens (including phenoxy) is 3. The number of aryl methyl sites for hydroxylation is 1. The van der Waals surface area contributed by atoms with Gasteiger partial charge in [0.05, 0.1) is 5.52 Å². The first-order chi connectivity index (χ1) is 14.4. The first-order valence-corrected chi connectivity index (χ1v) is 9.78. The molecule has 5 nitrogen and oxygen atoms in total. The van der Waals surface area contributed by atoms with Crippen molar-refractivity contribution in [3.63, 3.8) is 0 Å². The minimum atomic E-state index is -0.952. The molecule has 2 heterocycles. The average Bonchev–Trinajstić information content (AvgIpc) is 2.77. The predicted molar refractivity (Wildman–Crippen MR) is 109 cm³/mol. The van der Waals surface area contributed by atoms with Crippen molar-refractivity contribution in [1.82, 2.24) is 4.57 Å². The summed E-state index contributed by atoms with van der Waals surface area (Å²) in [7, 11) is 3.16. The molecular weight excluding hydrogens is 392 g/mol. The maximum atomic E-state index is 15.4. The van der Waals surface area contributed by atoms with Gasteiger partial charge in [-0.2, -0.15) is 0 Å². The van der Waals surface area contributed by atoms with Crippen molar-refractivity contribution in [2.45, 2.75) is 25.0 Å². The fourth-order valence-corrected chi connectivity index (χ4v) is 4.10. The Morgan fingerprint density at radius 1 is 1.13 bits per heavy atom. The molecule has 158 valence electrons. The SMILES string of the molecule is COC1(c2cc(F)cc(OCc3cccc4ccc(=O)n(C)c34)c2F)CCOCC1. The van der Waals surface area contributed by atoms with Crippen LogP contribution >= 0.6 is 0 Å². The largest absolute Gasteiger partial charge is 0.486 e. The number of benzene rings is 2. The zero-order valence-electron chi connectivity index (χ0n) is 16.9. The fraction of sp³-hybridized carbons (Fsp3) is 0.348. The van der Waals surface area contributed by atoms with Crippen LogP contribution in [0.2, 0.25) is 0 Å². The van der Waals surface area contributed by atoms with Gasteiger partial charge >= 0.3 is 0 Å². The van der Waals surface area contributed by atoms with E-state index >= 15 is 4.39 Å². The molecule has 2 aromatic carbocycles. The zero-order chi connectivity index (χ0) is 21.3. The van der Waals surface area contributed by atoms with Crippen LogP contribution in [0.5, 0.6) is 5.75 Å². The van der Waals surface area contributed by atoms with E-state index in [9.17, 15) is 9.18 Å². The molecule has 1 fully saturated rings. The van der Waals surface area contributed by atoms with Crippen LogP contribution in [0, 0.1) is 11.6 Å². The molecular formula is C23H23F2NO4. The molecule has 4 rings (SSSR count). The minimum absolute atomic E-state index is 0.0163. The van der Waals surface area contributed by atoms with Crippen LogP contribution in [-0.4, -0.2) is 24.9 Å². The minimum Gasteiger partial charge on any atom is -0.486 e. The maximum Gasteiger partial charge on any atom is 0.250 e. The second-order valence-corrected chi connectivity index (χ2v) is 7.45. The quantitative estimate of drug-likeness (QED) is 0.631. The van der Waals surface area contributed by atoms with Crippen LogP contribution in [-0.2, 0) is 28.7 Å². The molecule has 1 aliphatic rings. The number of pyridine rings is 1. The highest BCUT2D eigenvalue weighted by Crippen LogP contribution is 2.40. The second kappa shape index (κ2) is 8.16. The molecule has 0 radical (unpaired) electrons. The summed E-state index contributed by atoms with van der Waals surface area (Å²) in [5.74, 6) is -1.44. The normalized spacial score (nSPS) is 16.0. The van der Waals surface area contributed by atoms with Crippen LogP contribution in [0.25, 0.3) is 10.9 Å². The van der Waals surface area contributed by atoms with E-state index < -0.39 is 17.2 Å². The highest BCUT2D eigenvalue weighted by molar-refractivity contribution is 5.82. The third kappa shape index (κ3) is 3.59. The van der Waals surface area contributed by atoms with Crippen LogP contribution < -0.4 is 10.3 Å². The van der Waals surface area contributed by atoms with Crippen LogP contribution in [0.15, 0.2) is 47.3 Å². The van der Waals surface area contributed by atoms with Gasteiger partial charge < -0.3 is 18.8 Å². The van der Waals surface area contributed by atoms with Gasteiger partial charge in [-0.3, -0.25) is 4.79 Å². The third-order valence-electron chi connectivity index (χ3n) is 5.79. The van der Waals surface area contributed by atoms with Gasteiger partial charge in [0.25, 0.3) is 5.56 Å². The summed E-state index contributed by atoms with van der Waals surface area (Å²) >= 11 is 0. The molecule has 0 atom stereocenters. The zero-order valence-corrected chi connectivity index (χ0v) is 16.9. The van der Waals surface area contributed by atoms with Crippen molar-refractivity contribution in [3.05, 3.63) is 75.6 Å². The summed E-state index contributed by atoms with van der Waals surface area (Å²) in [5, 5.41) is 0.860. The van der Waals surface area contributed by atoms with E-state index in [0.717, 1.165) is 11.5 Å². The molecule has 1 aromatic heterocycles. The molecule has 0 N–H and O–H groups in total. The number of hydrogen-bond acceptors (Lipinski definition) is 4. The van der Waals surface area contributed by atoms with Crippen LogP contribution in [0.1, 0.15) is 24.0 Å². The molecule has 0 unspecified atom stereocenters. The van der Waals surface area contributed by atoms with Crippen molar-refractivity contribution < 1.29 is 23.0 Å². The highest BCUT2D eigenvalue weighted by atomic mass is 19.1. The molecule has 0 bridgehead atoms. The Hall–Kier alpha value is -2.77. The van der Waals surface area contributed by atoms with E-state index in [2.05, 4.69) is 0 Å².